The van der Waals surface area contributed by atoms with Crippen LogP contribution in [0.2, 0.25) is 0 Å². The first-order chi connectivity index (χ1) is 8.36. The van der Waals surface area contributed by atoms with Gasteiger partial charge in [0.05, 0.1) is 4.88 Å². The molecule has 0 saturated carbocycles. The molecular weight excluding hydrogens is 290 g/mol. The Bertz CT molecular complexity index is 510. The van der Waals surface area contributed by atoms with E-state index in [2.05, 4.69) is 4.72 Å². The number of hydrogen-bond acceptors (Lipinski definition) is 5. The molecule has 102 valence electrons. The van der Waals surface area contributed by atoms with Crippen molar-refractivity contribution in [2.75, 3.05) is 26.7 Å². The van der Waals surface area contributed by atoms with E-state index in [-0.39, 0.29) is 9.20 Å². The Morgan fingerprint density at radius 3 is 2.72 bits per heavy atom. The van der Waals surface area contributed by atoms with Gasteiger partial charge in [0.15, 0.2) is 0 Å². The van der Waals surface area contributed by atoms with Crippen LogP contribution in [0.3, 0.4) is 0 Å². The van der Waals surface area contributed by atoms with Gasteiger partial charge in [0.25, 0.3) is 0 Å². The molecule has 0 aliphatic heterocycles. The molecule has 8 heteroatoms. The number of rotatable bonds is 7. The van der Waals surface area contributed by atoms with Gasteiger partial charge in [-0.25, -0.2) is 13.1 Å². The normalized spacial score (nSPS) is 11.9. The van der Waals surface area contributed by atoms with Gasteiger partial charge in [0, 0.05) is 13.1 Å². The molecule has 1 aromatic rings. The summed E-state index contributed by atoms with van der Waals surface area (Å²) in [5.41, 5.74) is 5.45. The smallest absolute Gasteiger partial charge is 0.250 e. The summed E-state index contributed by atoms with van der Waals surface area (Å²) in [6.45, 7) is 3.95. The fourth-order valence-corrected chi connectivity index (χ4v) is 3.61. The van der Waals surface area contributed by atoms with E-state index >= 15 is 0 Å². The lowest BCUT2D eigenvalue weighted by atomic mass is 10.5. The minimum absolute atomic E-state index is 0.215. The third kappa shape index (κ3) is 4.29. The molecule has 0 radical (unpaired) electrons. The summed E-state index contributed by atoms with van der Waals surface area (Å²) in [6.07, 6.45) is 0. The van der Waals surface area contributed by atoms with E-state index in [4.69, 9.17) is 18.0 Å². The van der Waals surface area contributed by atoms with Crippen molar-refractivity contribution in [3.63, 3.8) is 0 Å². The van der Waals surface area contributed by atoms with Crippen LogP contribution < -0.4 is 10.5 Å². The Morgan fingerprint density at radius 2 is 2.22 bits per heavy atom. The second-order valence-corrected chi connectivity index (χ2v) is 7.29. The van der Waals surface area contributed by atoms with Crippen LogP contribution in [0, 0.1) is 0 Å². The maximum atomic E-state index is 11.9. The van der Waals surface area contributed by atoms with Gasteiger partial charge in [-0.3, -0.25) is 0 Å². The first-order valence-electron chi connectivity index (χ1n) is 5.44. The molecular formula is C10H17N3O2S3. The van der Waals surface area contributed by atoms with Crippen molar-refractivity contribution in [1.82, 2.24) is 9.62 Å². The minimum atomic E-state index is -3.45. The van der Waals surface area contributed by atoms with Crippen LogP contribution in [0.1, 0.15) is 11.8 Å². The number of nitrogens with two attached hydrogens (primary N) is 1. The molecule has 0 saturated heterocycles. The van der Waals surface area contributed by atoms with Crippen LogP contribution >= 0.6 is 23.6 Å². The molecule has 0 fully saturated rings. The highest BCUT2D eigenvalue weighted by Gasteiger charge is 2.16. The van der Waals surface area contributed by atoms with Gasteiger partial charge in [-0.05, 0) is 25.7 Å². The average Bonchev–Trinajstić information content (AvgIpc) is 2.78. The maximum Gasteiger partial charge on any atom is 0.250 e. The van der Waals surface area contributed by atoms with E-state index in [1.54, 1.807) is 6.07 Å². The standard InChI is InChI=1S/C10H17N3O2S3/c1-3-13(2)7-6-12-18(14,15)9-5-4-8(17-9)10(11)16/h4-5,12H,3,6-7H2,1-2H3,(H2,11,16). The largest absolute Gasteiger partial charge is 0.389 e. The Morgan fingerprint density at radius 1 is 1.56 bits per heavy atom. The molecule has 0 aliphatic rings. The quantitative estimate of drug-likeness (QED) is 0.722. The van der Waals surface area contributed by atoms with Gasteiger partial charge in [-0.15, -0.1) is 11.3 Å². The zero-order chi connectivity index (χ0) is 13.8. The number of thiophene rings is 1. The van der Waals surface area contributed by atoms with Crippen LogP contribution in [0.25, 0.3) is 0 Å². The fraction of sp³-hybridized carbons (Fsp3) is 0.500. The molecule has 0 aliphatic carbocycles. The van der Waals surface area contributed by atoms with Gasteiger partial charge in [0.1, 0.15) is 9.20 Å². The van der Waals surface area contributed by atoms with E-state index in [0.717, 1.165) is 17.9 Å². The molecule has 5 nitrogen and oxygen atoms in total. The summed E-state index contributed by atoms with van der Waals surface area (Å²) in [5, 5.41) is 0. The van der Waals surface area contributed by atoms with Crippen molar-refractivity contribution in [1.29, 1.82) is 0 Å². The van der Waals surface area contributed by atoms with Gasteiger partial charge < -0.3 is 10.6 Å². The van der Waals surface area contributed by atoms with E-state index in [9.17, 15) is 8.42 Å². The molecule has 1 aromatic heterocycles. The Hall–Kier alpha value is -0.540. The SMILES string of the molecule is CCN(C)CCNS(=O)(=O)c1ccc(C(N)=S)s1. The van der Waals surface area contributed by atoms with Crippen LogP contribution in [-0.4, -0.2) is 45.0 Å². The second kappa shape index (κ2) is 6.58. The van der Waals surface area contributed by atoms with Gasteiger partial charge in [-0.2, -0.15) is 0 Å². The molecule has 1 heterocycles. The van der Waals surface area contributed by atoms with Crippen LogP contribution in [-0.2, 0) is 10.0 Å². The fourth-order valence-electron chi connectivity index (χ4n) is 1.20. The monoisotopic (exact) mass is 307 g/mol. The maximum absolute atomic E-state index is 11.9. The molecule has 0 spiro atoms. The van der Waals surface area contributed by atoms with Gasteiger partial charge >= 0.3 is 0 Å². The molecule has 0 aromatic carbocycles. The van der Waals surface area contributed by atoms with E-state index in [1.165, 1.54) is 6.07 Å². The third-order valence-electron chi connectivity index (χ3n) is 2.41. The molecule has 0 unspecified atom stereocenters. The number of thiocarbonyl (C=S) groups is 1. The van der Waals surface area contributed by atoms with Crippen molar-refractivity contribution in [2.45, 2.75) is 11.1 Å². The number of sulfonamides is 1. The highest BCUT2D eigenvalue weighted by atomic mass is 32.2. The predicted molar refractivity (Wildman–Crippen MR) is 78.6 cm³/mol. The van der Waals surface area contributed by atoms with E-state index in [0.29, 0.717) is 18.0 Å². The molecule has 0 atom stereocenters. The number of likely N-dealkylation sites (N-methyl/N-ethyl adjacent to an activating group) is 1. The lowest BCUT2D eigenvalue weighted by Gasteiger charge is -2.13. The highest BCUT2D eigenvalue weighted by molar-refractivity contribution is 7.91. The average molecular weight is 307 g/mol. The Kier molecular flexibility index (Phi) is 5.67. The lowest BCUT2D eigenvalue weighted by molar-refractivity contribution is 0.358. The van der Waals surface area contributed by atoms with Crippen LogP contribution in [0.5, 0.6) is 0 Å². The number of nitrogens with one attached hydrogen (secondary N) is 1. The molecule has 0 bridgehead atoms. The molecule has 1 rings (SSSR count). The summed E-state index contributed by atoms with van der Waals surface area (Å²) in [5.74, 6) is 0. The zero-order valence-corrected chi connectivity index (χ0v) is 12.8. The van der Waals surface area contributed by atoms with Gasteiger partial charge in [-0.1, -0.05) is 19.1 Å². The van der Waals surface area contributed by atoms with E-state index in [1.807, 2.05) is 18.9 Å². The van der Waals surface area contributed by atoms with Crippen molar-refractivity contribution in [2.24, 2.45) is 5.73 Å². The van der Waals surface area contributed by atoms with Crippen molar-refractivity contribution in [3.8, 4) is 0 Å². The predicted octanol–water partition coefficient (Wildman–Crippen LogP) is 0.612. The highest BCUT2D eigenvalue weighted by Crippen LogP contribution is 2.21. The summed E-state index contributed by atoms with van der Waals surface area (Å²) in [4.78, 5) is 2.85. The topological polar surface area (TPSA) is 75.4 Å². The molecule has 18 heavy (non-hydrogen) atoms. The van der Waals surface area contributed by atoms with Crippen molar-refractivity contribution in [3.05, 3.63) is 17.0 Å². The zero-order valence-electron chi connectivity index (χ0n) is 10.3. The van der Waals surface area contributed by atoms with Crippen molar-refractivity contribution >= 4 is 38.6 Å². The first kappa shape index (κ1) is 15.5. The van der Waals surface area contributed by atoms with Gasteiger partial charge in [0.2, 0.25) is 10.0 Å². The minimum Gasteiger partial charge on any atom is -0.389 e. The van der Waals surface area contributed by atoms with Crippen molar-refractivity contribution < 1.29 is 8.42 Å². The Balaban J connectivity index is 2.65. The number of nitrogens with zero attached hydrogens (tertiary/aromatic N) is 1. The summed E-state index contributed by atoms with van der Waals surface area (Å²) in [7, 11) is -1.52. The summed E-state index contributed by atoms with van der Waals surface area (Å²) in [6, 6.07) is 3.14. The van der Waals surface area contributed by atoms with E-state index < -0.39 is 10.0 Å². The summed E-state index contributed by atoms with van der Waals surface area (Å²) >= 11 is 5.88. The van der Waals surface area contributed by atoms with Crippen LogP contribution in [0.4, 0.5) is 0 Å². The molecule has 0 amide bonds. The first-order valence-corrected chi connectivity index (χ1v) is 8.15. The number of hydrogen-bond donors (Lipinski definition) is 2. The second-order valence-electron chi connectivity index (χ2n) is 3.78. The molecule has 3 N–H and O–H groups in total. The Labute approximate surface area is 117 Å². The lowest BCUT2D eigenvalue weighted by Crippen LogP contribution is -2.32. The third-order valence-corrected chi connectivity index (χ3v) is 5.84. The van der Waals surface area contributed by atoms with Crippen LogP contribution in [0.15, 0.2) is 16.3 Å². The summed E-state index contributed by atoms with van der Waals surface area (Å²) < 4.78 is 26.7.